The lowest BCUT2D eigenvalue weighted by atomic mass is 9.98. The van der Waals surface area contributed by atoms with E-state index in [0.717, 1.165) is 54.8 Å². The first-order chi connectivity index (χ1) is 15.8. The van der Waals surface area contributed by atoms with Gasteiger partial charge in [0.1, 0.15) is 0 Å². The Morgan fingerprint density at radius 3 is 2.73 bits per heavy atom. The molecule has 2 aliphatic rings. The van der Waals surface area contributed by atoms with Crippen molar-refractivity contribution in [1.29, 1.82) is 0 Å². The van der Waals surface area contributed by atoms with Crippen molar-refractivity contribution in [3.8, 4) is 11.5 Å². The third-order valence-corrected chi connectivity index (χ3v) is 5.85. The maximum Gasteiger partial charge on any atom is 0.196 e. The molecule has 0 radical (unpaired) electrons. The van der Waals surface area contributed by atoms with E-state index in [0.29, 0.717) is 25.9 Å². The Balaban J connectivity index is 0.00000306. The normalized spacial score (nSPS) is 16.6. The van der Waals surface area contributed by atoms with Crippen LogP contribution >= 0.6 is 24.0 Å². The first kappa shape index (κ1) is 25.6. The van der Waals surface area contributed by atoms with Crippen LogP contribution in [0.2, 0.25) is 0 Å². The van der Waals surface area contributed by atoms with Crippen LogP contribution < -0.4 is 20.1 Å². The second-order valence-electron chi connectivity index (χ2n) is 8.36. The predicted molar refractivity (Wildman–Crippen MR) is 141 cm³/mol. The predicted octanol–water partition coefficient (Wildman–Crippen LogP) is 4.50. The van der Waals surface area contributed by atoms with Crippen LogP contribution in [-0.4, -0.2) is 48.2 Å². The number of aryl methyl sites for hydroxylation is 1. The van der Waals surface area contributed by atoms with Crippen molar-refractivity contribution in [2.45, 2.75) is 57.6 Å². The van der Waals surface area contributed by atoms with E-state index >= 15 is 0 Å². The van der Waals surface area contributed by atoms with Gasteiger partial charge in [0.15, 0.2) is 17.5 Å². The van der Waals surface area contributed by atoms with Crippen molar-refractivity contribution in [1.82, 2.24) is 15.1 Å². The van der Waals surface area contributed by atoms with Gasteiger partial charge < -0.3 is 24.8 Å². The number of hydrogen-bond donors (Lipinski definition) is 2. The van der Waals surface area contributed by atoms with Crippen LogP contribution in [0.4, 0.5) is 5.69 Å². The van der Waals surface area contributed by atoms with Crippen LogP contribution in [0.25, 0.3) is 0 Å². The third kappa shape index (κ3) is 8.06. The highest BCUT2D eigenvalue weighted by Crippen LogP contribution is 2.32. The lowest BCUT2D eigenvalue weighted by Gasteiger charge is -2.22. The van der Waals surface area contributed by atoms with Crippen LogP contribution in [0.15, 0.2) is 35.5 Å². The first-order valence-corrected chi connectivity index (χ1v) is 11.8. The molecule has 8 nitrogen and oxygen atoms in total. The zero-order chi connectivity index (χ0) is 22.0. The van der Waals surface area contributed by atoms with Crippen molar-refractivity contribution >= 4 is 35.6 Å². The highest BCUT2D eigenvalue weighted by atomic mass is 127. The summed E-state index contributed by atoms with van der Waals surface area (Å²) in [6.45, 7) is 3.44. The van der Waals surface area contributed by atoms with Crippen molar-refractivity contribution in [2.75, 3.05) is 31.7 Å². The summed E-state index contributed by atoms with van der Waals surface area (Å²) in [6.07, 6.45) is 10.4. The molecule has 182 valence electrons. The van der Waals surface area contributed by atoms with Gasteiger partial charge in [-0.15, -0.1) is 24.0 Å². The number of benzene rings is 1. The second kappa shape index (κ2) is 13.6. The van der Waals surface area contributed by atoms with Gasteiger partial charge >= 0.3 is 0 Å². The molecule has 1 saturated carbocycles. The third-order valence-electron chi connectivity index (χ3n) is 5.85. The molecule has 2 heterocycles. The molecular formula is C24H36IN5O3. The second-order valence-corrected chi connectivity index (χ2v) is 8.36. The molecule has 1 aliphatic heterocycles. The number of hydrogen-bond acceptors (Lipinski definition) is 5. The SMILES string of the molecule is Cn1nccc1CN=C(NCCCOC1CCCCC1)Nc1ccc2c(c1)OCCCO2.I. The fourth-order valence-electron chi connectivity index (χ4n) is 3.99. The lowest BCUT2D eigenvalue weighted by molar-refractivity contribution is 0.0277. The van der Waals surface area contributed by atoms with E-state index in [1.165, 1.54) is 32.1 Å². The summed E-state index contributed by atoms with van der Waals surface area (Å²) < 4.78 is 19.4. The first-order valence-electron chi connectivity index (χ1n) is 11.8. The Labute approximate surface area is 213 Å². The molecule has 1 aromatic carbocycles. The average molecular weight is 569 g/mol. The summed E-state index contributed by atoms with van der Waals surface area (Å²) in [5.41, 5.74) is 1.95. The molecule has 4 rings (SSSR count). The summed E-state index contributed by atoms with van der Waals surface area (Å²) in [5.74, 6) is 2.27. The molecule has 2 N–H and O–H groups in total. The number of guanidine groups is 1. The average Bonchev–Trinajstić information content (AvgIpc) is 3.08. The topological polar surface area (TPSA) is 81.9 Å². The summed E-state index contributed by atoms with van der Waals surface area (Å²) in [5, 5.41) is 11.1. The number of nitrogens with zero attached hydrogens (tertiary/aromatic N) is 3. The smallest absolute Gasteiger partial charge is 0.196 e. The number of halogens is 1. The van der Waals surface area contributed by atoms with Gasteiger partial charge in [0.05, 0.1) is 31.6 Å². The molecule has 9 heteroatoms. The van der Waals surface area contributed by atoms with E-state index in [9.17, 15) is 0 Å². The summed E-state index contributed by atoms with van der Waals surface area (Å²) >= 11 is 0. The van der Waals surface area contributed by atoms with Gasteiger partial charge in [-0.05, 0) is 37.5 Å². The molecule has 0 saturated heterocycles. The van der Waals surface area contributed by atoms with Crippen LogP contribution in [-0.2, 0) is 18.3 Å². The van der Waals surface area contributed by atoms with Gasteiger partial charge in [-0.1, -0.05) is 19.3 Å². The van der Waals surface area contributed by atoms with Crippen LogP contribution in [0.1, 0.15) is 50.6 Å². The molecule has 0 spiro atoms. The number of nitrogens with one attached hydrogen (secondary N) is 2. The van der Waals surface area contributed by atoms with Gasteiger partial charge in [-0.3, -0.25) is 4.68 Å². The standard InChI is InChI=1S/C24H35N5O3.HI/c1-29-20(11-13-27-29)18-26-24(25-12-5-14-30-21-7-3-2-4-8-21)28-19-9-10-22-23(17-19)32-16-6-15-31-22;/h9-11,13,17,21H,2-8,12,14-16,18H2,1H3,(H2,25,26,28);1H. The maximum absolute atomic E-state index is 6.05. The number of aliphatic imine (C=N–C) groups is 1. The summed E-state index contributed by atoms with van der Waals surface area (Å²) in [7, 11) is 1.93. The zero-order valence-electron chi connectivity index (χ0n) is 19.4. The van der Waals surface area contributed by atoms with Gasteiger partial charge in [-0.25, -0.2) is 4.99 Å². The highest BCUT2D eigenvalue weighted by Gasteiger charge is 2.14. The maximum atomic E-state index is 6.05. The van der Waals surface area contributed by atoms with E-state index in [1.54, 1.807) is 6.20 Å². The molecule has 0 bridgehead atoms. The molecule has 1 aliphatic carbocycles. The molecule has 33 heavy (non-hydrogen) atoms. The Hall–Kier alpha value is -2.01. The summed E-state index contributed by atoms with van der Waals surface area (Å²) in [6, 6.07) is 7.88. The van der Waals surface area contributed by atoms with Crippen molar-refractivity contribution < 1.29 is 14.2 Å². The molecule has 2 aromatic rings. The Morgan fingerprint density at radius 1 is 1.12 bits per heavy atom. The Kier molecular flexibility index (Phi) is 10.6. The number of anilines is 1. The van der Waals surface area contributed by atoms with Gasteiger partial charge in [0.2, 0.25) is 0 Å². The van der Waals surface area contributed by atoms with Gasteiger partial charge in [0.25, 0.3) is 0 Å². The van der Waals surface area contributed by atoms with Gasteiger partial charge in [0, 0.05) is 44.6 Å². The molecule has 1 fully saturated rings. The molecule has 0 amide bonds. The van der Waals surface area contributed by atoms with E-state index in [2.05, 4.69) is 15.7 Å². The van der Waals surface area contributed by atoms with E-state index in [-0.39, 0.29) is 24.0 Å². The lowest BCUT2D eigenvalue weighted by Crippen LogP contribution is -2.32. The largest absolute Gasteiger partial charge is 0.490 e. The van der Waals surface area contributed by atoms with Crippen LogP contribution in [0.5, 0.6) is 11.5 Å². The van der Waals surface area contributed by atoms with Crippen molar-refractivity contribution in [3.63, 3.8) is 0 Å². The summed E-state index contributed by atoms with van der Waals surface area (Å²) in [4.78, 5) is 4.76. The minimum atomic E-state index is 0. The Bertz CT molecular complexity index is 883. The molecule has 0 atom stereocenters. The fourth-order valence-corrected chi connectivity index (χ4v) is 3.99. The Morgan fingerprint density at radius 2 is 1.94 bits per heavy atom. The zero-order valence-corrected chi connectivity index (χ0v) is 21.8. The minimum absolute atomic E-state index is 0. The van der Waals surface area contributed by atoms with E-state index in [1.807, 2.05) is 36.0 Å². The number of ether oxygens (including phenoxy) is 3. The quantitative estimate of drug-likeness (QED) is 0.211. The van der Waals surface area contributed by atoms with Gasteiger partial charge in [-0.2, -0.15) is 5.10 Å². The fraction of sp³-hybridized carbons (Fsp3) is 0.583. The number of rotatable bonds is 8. The molecule has 1 aromatic heterocycles. The van der Waals surface area contributed by atoms with E-state index in [4.69, 9.17) is 19.2 Å². The number of fused-ring (bicyclic) bond motifs is 1. The van der Waals surface area contributed by atoms with Crippen molar-refractivity contribution in [2.24, 2.45) is 12.0 Å². The highest BCUT2D eigenvalue weighted by molar-refractivity contribution is 14.0. The monoisotopic (exact) mass is 569 g/mol. The van der Waals surface area contributed by atoms with Crippen LogP contribution in [0.3, 0.4) is 0 Å². The molecule has 0 unspecified atom stereocenters. The van der Waals surface area contributed by atoms with E-state index < -0.39 is 0 Å². The van der Waals surface area contributed by atoms with Crippen LogP contribution in [0, 0.1) is 0 Å². The minimum Gasteiger partial charge on any atom is -0.490 e. The molecular weight excluding hydrogens is 533 g/mol. The number of aromatic nitrogens is 2. The van der Waals surface area contributed by atoms with Crippen molar-refractivity contribution in [3.05, 3.63) is 36.2 Å².